The maximum atomic E-state index is 12.6. The average molecular weight is 393 g/mol. The standard InChI is InChI=1S/C19H32N6O3/c1-13(2)20-18(27)21-16(26)12-24-10-8-14(9-11-24)17-22-23(3)19(28)25(17)15-6-4-5-7-15/h13-15H,4-12H2,1-3H3,(H2,20,21,26,27). The highest BCUT2D eigenvalue weighted by molar-refractivity contribution is 5.95. The monoisotopic (exact) mass is 392 g/mol. The van der Waals surface area contributed by atoms with Crippen molar-refractivity contribution in [2.75, 3.05) is 19.6 Å². The summed E-state index contributed by atoms with van der Waals surface area (Å²) >= 11 is 0. The molecule has 1 aromatic heterocycles. The number of aromatic nitrogens is 3. The van der Waals surface area contributed by atoms with Gasteiger partial charge in [0, 0.05) is 25.0 Å². The lowest BCUT2D eigenvalue weighted by molar-refractivity contribution is -0.121. The summed E-state index contributed by atoms with van der Waals surface area (Å²) in [5.74, 6) is 0.843. The molecule has 1 aliphatic carbocycles. The number of likely N-dealkylation sites (tertiary alicyclic amines) is 1. The van der Waals surface area contributed by atoms with Crippen molar-refractivity contribution < 1.29 is 9.59 Å². The van der Waals surface area contributed by atoms with Gasteiger partial charge in [-0.15, -0.1) is 0 Å². The van der Waals surface area contributed by atoms with Crippen LogP contribution in [0.3, 0.4) is 0 Å². The van der Waals surface area contributed by atoms with Gasteiger partial charge < -0.3 is 5.32 Å². The van der Waals surface area contributed by atoms with Gasteiger partial charge in [0.15, 0.2) is 0 Å². The van der Waals surface area contributed by atoms with E-state index >= 15 is 0 Å². The Balaban J connectivity index is 1.56. The van der Waals surface area contributed by atoms with E-state index in [0.717, 1.165) is 44.6 Å². The molecule has 0 radical (unpaired) electrons. The molecule has 0 unspecified atom stereocenters. The first kappa shape index (κ1) is 20.6. The van der Waals surface area contributed by atoms with Gasteiger partial charge in [-0.1, -0.05) is 12.8 Å². The van der Waals surface area contributed by atoms with Crippen LogP contribution in [0.2, 0.25) is 0 Å². The van der Waals surface area contributed by atoms with Crippen molar-refractivity contribution in [2.45, 2.75) is 70.4 Å². The van der Waals surface area contributed by atoms with E-state index in [0.29, 0.717) is 0 Å². The smallest absolute Gasteiger partial charge is 0.336 e. The topological polar surface area (TPSA) is 101 Å². The highest BCUT2D eigenvalue weighted by atomic mass is 16.2. The van der Waals surface area contributed by atoms with E-state index in [2.05, 4.69) is 20.6 Å². The van der Waals surface area contributed by atoms with E-state index in [1.807, 2.05) is 18.4 Å². The largest absolute Gasteiger partial charge is 0.345 e. The number of piperidine rings is 1. The molecule has 0 bridgehead atoms. The Bertz CT molecular complexity index is 754. The predicted octanol–water partition coefficient (Wildman–Crippen LogP) is 1.11. The summed E-state index contributed by atoms with van der Waals surface area (Å²) in [5.41, 5.74) is -0.0140. The molecule has 2 N–H and O–H groups in total. The molecule has 9 nitrogen and oxygen atoms in total. The molecular weight excluding hydrogens is 360 g/mol. The average Bonchev–Trinajstić information content (AvgIpc) is 3.23. The van der Waals surface area contributed by atoms with Crippen LogP contribution in [0, 0.1) is 0 Å². The Morgan fingerprint density at radius 1 is 1.14 bits per heavy atom. The number of nitrogens with one attached hydrogen (secondary N) is 2. The number of carbonyl (C=O) groups is 2. The van der Waals surface area contributed by atoms with Crippen molar-refractivity contribution in [2.24, 2.45) is 7.05 Å². The van der Waals surface area contributed by atoms with E-state index in [-0.39, 0.29) is 36.1 Å². The Hall–Kier alpha value is -2.16. The number of aryl methyl sites for hydroxylation is 1. The summed E-state index contributed by atoms with van der Waals surface area (Å²) in [4.78, 5) is 38.3. The van der Waals surface area contributed by atoms with Crippen LogP contribution in [0.25, 0.3) is 0 Å². The van der Waals surface area contributed by atoms with Crippen molar-refractivity contribution in [3.8, 4) is 0 Å². The lowest BCUT2D eigenvalue weighted by atomic mass is 9.95. The van der Waals surface area contributed by atoms with Crippen LogP contribution in [0.15, 0.2) is 4.79 Å². The quantitative estimate of drug-likeness (QED) is 0.782. The fraction of sp³-hybridized carbons (Fsp3) is 0.789. The molecular formula is C19H32N6O3. The second-order valence-electron chi connectivity index (χ2n) is 8.30. The molecule has 1 aromatic rings. The van der Waals surface area contributed by atoms with Crippen molar-refractivity contribution >= 4 is 11.9 Å². The number of carbonyl (C=O) groups excluding carboxylic acids is 2. The maximum absolute atomic E-state index is 12.6. The Morgan fingerprint density at radius 3 is 2.39 bits per heavy atom. The van der Waals surface area contributed by atoms with Crippen LogP contribution in [-0.4, -0.2) is 56.9 Å². The molecule has 0 atom stereocenters. The molecule has 156 valence electrons. The predicted molar refractivity (Wildman–Crippen MR) is 105 cm³/mol. The van der Waals surface area contributed by atoms with Crippen molar-refractivity contribution in [1.82, 2.24) is 29.9 Å². The summed E-state index contributed by atoms with van der Waals surface area (Å²) in [6, 6.07) is -0.192. The van der Waals surface area contributed by atoms with E-state index in [9.17, 15) is 14.4 Å². The van der Waals surface area contributed by atoms with Gasteiger partial charge in [0.1, 0.15) is 5.82 Å². The van der Waals surface area contributed by atoms with Gasteiger partial charge in [-0.3, -0.25) is 19.6 Å². The fourth-order valence-corrected chi connectivity index (χ4v) is 4.30. The van der Waals surface area contributed by atoms with E-state index in [4.69, 9.17) is 0 Å². The molecule has 0 aromatic carbocycles. The summed E-state index contributed by atoms with van der Waals surface area (Å²) in [5, 5.41) is 9.56. The number of hydrogen-bond donors (Lipinski definition) is 2. The molecule has 9 heteroatoms. The molecule has 28 heavy (non-hydrogen) atoms. The van der Waals surface area contributed by atoms with Crippen LogP contribution in [0.1, 0.15) is 70.2 Å². The first-order valence-electron chi connectivity index (χ1n) is 10.3. The SMILES string of the molecule is CC(C)NC(=O)NC(=O)CN1CCC(c2nn(C)c(=O)n2C2CCCC2)CC1. The third-order valence-corrected chi connectivity index (χ3v) is 5.66. The van der Waals surface area contributed by atoms with Gasteiger partial charge in [-0.05, 0) is 52.6 Å². The zero-order valence-corrected chi connectivity index (χ0v) is 17.1. The normalized spacial score (nSPS) is 19.3. The Labute approximate surface area is 165 Å². The van der Waals surface area contributed by atoms with Crippen LogP contribution in [0.5, 0.6) is 0 Å². The summed E-state index contributed by atoms with van der Waals surface area (Å²) in [7, 11) is 1.72. The summed E-state index contributed by atoms with van der Waals surface area (Å²) < 4.78 is 3.39. The van der Waals surface area contributed by atoms with Crippen LogP contribution in [-0.2, 0) is 11.8 Å². The van der Waals surface area contributed by atoms with Crippen molar-refractivity contribution in [3.05, 3.63) is 16.3 Å². The lowest BCUT2D eigenvalue weighted by Crippen LogP contribution is -2.47. The van der Waals surface area contributed by atoms with Crippen molar-refractivity contribution in [1.29, 1.82) is 0 Å². The minimum Gasteiger partial charge on any atom is -0.336 e. The second-order valence-corrected chi connectivity index (χ2v) is 8.30. The number of urea groups is 1. The Morgan fingerprint density at radius 2 is 1.79 bits per heavy atom. The van der Waals surface area contributed by atoms with Gasteiger partial charge in [0.2, 0.25) is 5.91 Å². The minimum atomic E-state index is -0.455. The van der Waals surface area contributed by atoms with E-state index in [1.54, 1.807) is 7.05 Å². The zero-order valence-electron chi connectivity index (χ0n) is 17.1. The molecule has 2 heterocycles. The first-order valence-corrected chi connectivity index (χ1v) is 10.3. The molecule has 1 saturated heterocycles. The molecule has 2 aliphatic rings. The molecule has 3 amide bonds. The first-order chi connectivity index (χ1) is 13.3. The molecule has 1 saturated carbocycles. The molecule has 3 rings (SSSR count). The number of imide groups is 1. The molecule has 1 aliphatic heterocycles. The van der Waals surface area contributed by atoms with Gasteiger partial charge in [0.25, 0.3) is 0 Å². The van der Waals surface area contributed by atoms with Gasteiger partial charge in [-0.2, -0.15) is 5.10 Å². The van der Waals surface area contributed by atoms with Crippen LogP contribution >= 0.6 is 0 Å². The summed E-state index contributed by atoms with van der Waals surface area (Å²) in [6.45, 7) is 5.39. The van der Waals surface area contributed by atoms with Crippen molar-refractivity contribution in [3.63, 3.8) is 0 Å². The Kier molecular flexibility index (Phi) is 6.53. The number of rotatable bonds is 5. The van der Waals surface area contributed by atoms with Gasteiger partial charge in [-0.25, -0.2) is 14.3 Å². The maximum Gasteiger partial charge on any atom is 0.345 e. The van der Waals surface area contributed by atoms with Crippen LogP contribution in [0.4, 0.5) is 4.79 Å². The molecule has 2 fully saturated rings. The van der Waals surface area contributed by atoms with Crippen LogP contribution < -0.4 is 16.3 Å². The zero-order chi connectivity index (χ0) is 20.3. The highest BCUT2D eigenvalue weighted by Crippen LogP contribution is 2.33. The lowest BCUT2D eigenvalue weighted by Gasteiger charge is -2.31. The molecule has 0 spiro atoms. The minimum absolute atomic E-state index is 0.0140. The number of hydrogen-bond acceptors (Lipinski definition) is 5. The third kappa shape index (κ3) is 4.81. The van der Waals surface area contributed by atoms with Gasteiger partial charge >= 0.3 is 11.7 Å². The highest BCUT2D eigenvalue weighted by Gasteiger charge is 2.30. The van der Waals surface area contributed by atoms with E-state index < -0.39 is 6.03 Å². The summed E-state index contributed by atoms with van der Waals surface area (Å²) in [6.07, 6.45) is 6.15. The number of nitrogens with zero attached hydrogens (tertiary/aromatic N) is 4. The second kappa shape index (κ2) is 8.89. The fourth-order valence-electron chi connectivity index (χ4n) is 4.30. The number of amides is 3. The third-order valence-electron chi connectivity index (χ3n) is 5.66. The van der Waals surface area contributed by atoms with Gasteiger partial charge in [0.05, 0.1) is 6.54 Å². The van der Waals surface area contributed by atoms with E-state index in [1.165, 1.54) is 17.5 Å².